The number of nitrogens with one attached hydrogen (secondary N) is 1. The molecule has 20 heavy (non-hydrogen) atoms. The van der Waals surface area contributed by atoms with E-state index in [1.165, 1.54) is 0 Å². The van der Waals surface area contributed by atoms with Gasteiger partial charge >= 0.3 is 0 Å². The third-order valence-corrected chi connectivity index (χ3v) is 4.40. The maximum absolute atomic E-state index is 13.0. The fourth-order valence-corrected chi connectivity index (χ4v) is 3.12. The van der Waals surface area contributed by atoms with E-state index in [1.807, 2.05) is 11.8 Å². The molecule has 2 atom stereocenters. The summed E-state index contributed by atoms with van der Waals surface area (Å²) in [5, 5.41) is 12.6. The van der Waals surface area contributed by atoms with Crippen LogP contribution in [0.3, 0.4) is 0 Å². The molecule has 6 nitrogen and oxygen atoms in total. The van der Waals surface area contributed by atoms with Gasteiger partial charge in [0.1, 0.15) is 0 Å². The van der Waals surface area contributed by atoms with E-state index in [4.69, 9.17) is 9.47 Å². The predicted molar refractivity (Wildman–Crippen MR) is 74.4 cm³/mol. The lowest BCUT2D eigenvalue weighted by molar-refractivity contribution is -0.161. The summed E-state index contributed by atoms with van der Waals surface area (Å²) in [5.74, 6) is 0.148. The Morgan fingerprint density at radius 3 is 2.80 bits per heavy atom. The van der Waals surface area contributed by atoms with Crippen molar-refractivity contribution in [3.8, 4) is 0 Å². The molecule has 2 aliphatic rings. The Morgan fingerprint density at radius 1 is 1.50 bits per heavy atom. The lowest BCUT2D eigenvalue weighted by atomic mass is 9.78. The summed E-state index contributed by atoms with van der Waals surface area (Å²) in [6.07, 6.45) is 1.33. The number of rotatable bonds is 4. The maximum Gasteiger partial charge on any atom is 0.231 e. The van der Waals surface area contributed by atoms with Crippen LogP contribution >= 0.6 is 0 Å². The number of hydrogen-bond acceptors (Lipinski definition) is 5. The number of hydrogen-bond donors (Lipinski definition) is 2. The number of aliphatic hydroxyl groups is 1. The molecule has 0 radical (unpaired) electrons. The molecule has 6 heteroatoms. The van der Waals surface area contributed by atoms with Gasteiger partial charge in [-0.25, -0.2) is 0 Å². The lowest BCUT2D eigenvalue weighted by Crippen LogP contribution is -2.59. The molecular weight excluding hydrogens is 260 g/mol. The Hall–Kier alpha value is -0.690. The van der Waals surface area contributed by atoms with Crippen LogP contribution in [0.2, 0.25) is 0 Å². The van der Waals surface area contributed by atoms with E-state index in [1.54, 1.807) is 7.11 Å². The van der Waals surface area contributed by atoms with E-state index >= 15 is 0 Å². The van der Waals surface area contributed by atoms with E-state index in [2.05, 4.69) is 5.32 Å². The van der Waals surface area contributed by atoms with Crippen LogP contribution in [0.4, 0.5) is 0 Å². The predicted octanol–water partition coefficient (Wildman–Crippen LogP) is -0.389. The van der Waals surface area contributed by atoms with Crippen molar-refractivity contribution in [3.05, 3.63) is 0 Å². The summed E-state index contributed by atoms with van der Waals surface area (Å²) in [6, 6.07) is 0.0499. The highest BCUT2D eigenvalue weighted by atomic mass is 16.5. The zero-order valence-corrected chi connectivity index (χ0v) is 12.4. The van der Waals surface area contributed by atoms with Gasteiger partial charge in [-0.3, -0.25) is 4.79 Å². The molecule has 1 amide bonds. The number of carbonyl (C=O) groups is 1. The van der Waals surface area contributed by atoms with Crippen molar-refractivity contribution in [2.45, 2.75) is 31.9 Å². The molecule has 2 fully saturated rings. The Morgan fingerprint density at radius 2 is 2.20 bits per heavy atom. The first-order valence-corrected chi connectivity index (χ1v) is 7.36. The van der Waals surface area contributed by atoms with Crippen molar-refractivity contribution in [2.75, 3.05) is 46.6 Å². The van der Waals surface area contributed by atoms with Crippen molar-refractivity contribution in [1.82, 2.24) is 10.2 Å². The van der Waals surface area contributed by atoms with Gasteiger partial charge in [0.25, 0.3) is 0 Å². The van der Waals surface area contributed by atoms with E-state index in [0.717, 1.165) is 25.9 Å². The third kappa shape index (κ3) is 3.14. The second kappa shape index (κ2) is 6.85. The molecule has 0 aromatic rings. The minimum Gasteiger partial charge on any atom is -0.394 e. The van der Waals surface area contributed by atoms with Crippen molar-refractivity contribution in [3.63, 3.8) is 0 Å². The summed E-state index contributed by atoms with van der Waals surface area (Å²) in [5.41, 5.74) is -0.425. The number of methoxy groups -OCH3 is 1. The van der Waals surface area contributed by atoms with Crippen molar-refractivity contribution in [2.24, 2.45) is 5.41 Å². The first-order valence-electron chi connectivity index (χ1n) is 7.36. The number of piperidine rings is 1. The Bertz CT molecular complexity index is 326. The highest BCUT2D eigenvalue weighted by molar-refractivity contribution is 5.83. The summed E-state index contributed by atoms with van der Waals surface area (Å²) in [7, 11) is 1.65. The highest BCUT2D eigenvalue weighted by Gasteiger charge is 2.44. The van der Waals surface area contributed by atoms with Gasteiger partial charge in [0, 0.05) is 13.7 Å². The molecule has 0 bridgehead atoms. The minimum absolute atomic E-state index is 0.0463. The minimum atomic E-state index is -0.425. The standard InChI is InChI=1S/C14H26N2O4/c1-11-9-20-12(8-17)7-16(11)13(18)14(10-19-2)3-5-15-6-4-14/h11-12,15,17H,3-10H2,1-2H3. The van der Waals surface area contributed by atoms with Crippen molar-refractivity contribution >= 4 is 5.91 Å². The molecule has 2 rings (SSSR count). The summed E-state index contributed by atoms with van der Waals surface area (Å²) >= 11 is 0. The van der Waals surface area contributed by atoms with Gasteiger partial charge in [-0.2, -0.15) is 0 Å². The van der Waals surface area contributed by atoms with Gasteiger partial charge in [-0.15, -0.1) is 0 Å². The lowest BCUT2D eigenvalue weighted by Gasteiger charge is -2.44. The molecule has 0 spiro atoms. The number of morpholine rings is 1. The molecule has 0 aromatic heterocycles. The number of nitrogens with zero attached hydrogens (tertiary/aromatic N) is 1. The third-order valence-electron chi connectivity index (χ3n) is 4.40. The average molecular weight is 286 g/mol. The van der Waals surface area contributed by atoms with Gasteiger partial charge < -0.3 is 24.8 Å². The van der Waals surface area contributed by atoms with Crippen LogP contribution in [0, 0.1) is 5.41 Å². The van der Waals surface area contributed by atoms with E-state index < -0.39 is 5.41 Å². The molecule has 0 aromatic carbocycles. The fourth-order valence-electron chi connectivity index (χ4n) is 3.12. The molecular formula is C14H26N2O4. The van der Waals surface area contributed by atoms with Gasteiger partial charge in [0.2, 0.25) is 5.91 Å². The van der Waals surface area contributed by atoms with Gasteiger partial charge in [-0.05, 0) is 32.9 Å². The van der Waals surface area contributed by atoms with Crippen LogP contribution in [-0.2, 0) is 14.3 Å². The molecule has 0 aliphatic carbocycles. The first-order chi connectivity index (χ1) is 9.63. The molecule has 2 unspecified atom stereocenters. The maximum atomic E-state index is 13.0. The monoisotopic (exact) mass is 286 g/mol. The number of carbonyl (C=O) groups excluding carboxylic acids is 1. The molecule has 2 heterocycles. The van der Waals surface area contributed by atoms with Gasteiger partial charge in [-0.1, -0.05) is 0 Å². The first kappa shape index (κ1) is 15.7. The molecule has 2 saturated heterocycles. The topological polar surface area (TPSA) is 71.0 Å². The number of amides is 1. The normalized spacial score (nSPS) is 30.2. The second-order valence-electron chi connectivity index (χ2n) is 5.91. The summed E-state index contributed by atoms with van der Waals surface area (Å²) < 4.78 is 10.8. The SMILES string of the molecule is COCC1(C(=O)N2CC(CO)OCC2C)CCNCC1. The van der Waals surface area contributed by atoms with Crippen LogP contribution in [0.25, 0.3) is 0 Å². The number of ether oxygens (including phenoxy) is 2. The summed E-state index contributed by atoms with van der Waals surface area (Å²) in [4.78, 5) is 14.9. The zero-order chi connectivity index (χ0) is 14.6. The van der Waals surface area contributed by atoms with E-state index in [0.29, 0.717) is 19.8 Å². The number of aliphatic hydroxyl groups excluding tert-OH is 1. The van der Waals surface area contributed by atoms with Crippen molar-refractivity contribution < 1.29 is 19.4 Å². The van der Waals surface area contributed by atoms with Gasteiger partial charge in [0.15, 0.2) is 0 Å². The van der Waals surface area contributed by atoms with Crippen LogP contribution in [0.1, 0.15) is 19.8 Å². The van der Waals surface area contributed by atoms with Crippen LogP contribution in [0.15, 0.2) is 0 Å². The molecule has 0 saturated carbocycles. The quantitative estimate of drug-likeness (QED) is 0.736. The Labute approximate surface area is 120 Å². The van der Waals surface area contributed by atoms with Crippen molar-refractivity contribution in [1.29, 1.82) is 0 Å². The molecule has 116 valence electrons. The smallest absolute Gasteiger partial charge is 0.231 e. The van der Waals surface area contributed by atoms with E-state index in [-0.39, 0.29) is 24.7 Å². The van der Waals surface area contributed by atoms with Gasteiger partial charge in [0.05, 0.1) is 37.4 Å². The van der Waals surface area contributed by atoms with Crippen LogP contribution in [-0.4, -0.2) is 74.6 Å². The largest absolute Gasteiger partial charge is 0.394 e. The fraction of sp³-hybridized carbons (Fsp3) is 0.929. The van der Waals surface area contributed by atoms with Crippen LogP contribution in [0.5, 0.6) is 0 Å². The highest BCUT2D eigenvalue weighted by Crippen LogP contribution is 2.33. The average Bonchev–Trinajstić information content (AvgIpc) is 2.48. The Balaban J connectivity index is 2.13. The van der Waals surface area contributed by atoms with Crippen LogP contribution < -0.4 is 5.32 Å². The van der Waals surface area contributed by atoms with E-state index in [9.17, 15) is 9.90 Å². The zero-order valence-electron chi connectivity index (χ0n) is 12.4. The molecule has 2 aliphatic heterocycles. The Kier molecular flexibility index (Phi) is 5.37. The summed E-state index contributed by atoms with van der Waals surface area (Å²) in [6.45, 7) is 5.05. The second-order valence-corrected chi connectivity index (χ2v) is 5.91. The molecule has 2 N–H and O–H groups in total.